The van der Waals surface area contributed by atoms with Gasteiger partial charge in [-0.25, -0.2) is 9.97 Å². The number of fused-ring (bicyclic) bond motifs is 1. The molecule has 0 aliphatic carbocycles. The van der Waals surface area contributed by atoms with Crippen LogP contribution in [0.4, 0.5) is 5.82 Å². The second-order valence-electron chi connectivity index (χ2n) is 5.21. The smallest absolute Gasteiger partial charge is 0.127 e. The number of rotatable bonds is 5. The van der Waals surface area contributed by atoms with Crippen LogP contribution in [0.25, 0.3) is 11.0 Å². The van der Waals surface area contributed by atoms with E-state index in [-0.39, 0.29) is 0 Å². The molecule has 21 heavy (non-hydrogen) atoms. The lowest BCUT2D eigenvalue weighted by Crippen LogP contribution is -2.23. The van der Waals surface area contributed by atoms with Gasteiger partial charge >= 0.3 is 0 Å². The fourth-order valence-corrected chi connectivity index (χ4v) is 2.42. The maximum Gasteiger partial charge on any atom is 0.127 e. The van der Waals surface area contributed by atoms with Gasteiger partial charge in [0.25, 0.3) is 0 Å². The van der Waals surface area contributed by atoms with Crippen LogP contribution in [-0.2, 0) is 13.1 Å². The molecule has 108 valence electrons. The minimum atomic E-state index is 0.609. The molecule has 3 rings (SSSR count). The van der Waals surface area contributed by atoms with Crippen molar-refractivity contribution < 1.29 is 0 Å². The third kappa shape index (κ3) is 3.03. The number of likely N-dealkylation sites (N-methyl/N-ethyl adjacent to an activating group) is 1. The van der Waals surface area contributed by atoms with Crippen molar-refractivity contribution in [2.45, 2.75) is 13.1 Å². The monoisotopic (exact) mass is 281 g/mol. The molecule has 0 fully saturated rings. The number of nitrogen functional groups attached to an aromatic ring is 1. The summed E-state index contributed by atoms with van der Waals surface area (Å²) in [5.41, 5.74) is 9.16. The van der Waals surface area contributed by atoms with Crippen LogP contribution in [-0.4, -0.2) is 33.0 Å². The molecule has 3 aromatic rings. The maximum atomic E-state index is 5.88. The second-order valence-corrected chi connectivity index (χ2v) is 5.21. The van der Waals surface area contributed by atoms with E-state index in [9.17, 15) is 0 Å². The molecule has 2 N–H and O–H groups in total. The number of hydrogen-bond donors (Lipinski definition) is 1. The van der Waals surface area contributed by atoms with Crippen LogP contribution in [0, 0.1) is 0 Å². The fraction of sp³-hybridized carbons (Fsp3) is 0.250. The predicted octanol–water partition coefficient (Wildman–Crippen LogP) is 2.15. The van der Waals surface area contributed by atoms with E-state index in [1.165, 1.54) is 5.52 Å². The van der Waals surface area contributed by atoms with Gasteiger partial charge in [-0.1, -0.05) is 18.2 Å². The Morgan fingerprint density at radius 2 is 2.00 bits per heavy atom. The molecule has 0 radical (unpaired) electrons. The van der Waals surface area contributed by atoms with Gasteiger partial charge in [0.05, 0.1) is 17.4 Å². The van der Waals surface area contributed by atoms with Crippen molar-refractivity contribution in [3.05, 3.63) is 54.5 Å². The van der Waals surface area contributed by atoms with Crippen LogP contribution in [0.3, 0.4) is 0 Å². The summed E-state index contributed by atoms with van der Waals surface area (Å²) in [7, 11) is 2.09. The Kier molecular flexibility index (Phi) is 3.83. The van der Waals surface area contributed by atoms with Gasteiger partial charge in [0.1, 0.15) is 5.82 Å². The van der Waals surface area contributed by atoms with Crippen molar-refractivity contribution in [3.63, 3.8) is 0 Å². The summed E-state index contributed by atoms with van der Waals surface area (Å²) in [5, 5.41) is 0. The van der Waals surface area contributed by atoms with E-state index in [2.05, 4.69) is 32.5 Å². The Balaban J connectivity index is 1.63. The second kappa shape index (κ2) is 5.93. The first kappa shape index (κ1) is 13.6. The van der Waals surface area contributed by atoms with E-state index in [0.29, 0.717) is 5.82 Å². The highest BCUT2D eigenvalue weighted by Crippen LogP contribution is 2.13. The van der Waals surface area contributed by atoms with Gasteiger partial charge in [-0.2, -0.15) is 0 Å². The highest BCUT2D eigenvalue weighted by atomic mass is 15.1. The number of anilines is 1. The van der Waals surface area contributed by atoms with Crippen molar-refractivity contribution in [2.75, 3.05) is 19.3 Å². The molecule has 0 aliphatic rings. The van der Waals surface area contributed by atoms with Crippen molar-refractivity contribution in [2.24, 2.45) is 0 Å². The Morgan fingerprint density at radius 3 is 2.86 bits per heavy atom. The summed E-state index contributed by atoms with van der Waals surface area (Å²) < 4.78 is 2.18. The van der Waals surface area contributed by atoms with Gasteiger partial charge in [0.15, 0.2) is 0 Å². The third-order valence-electron chi connectivity index (χ3n) is 3.62. The number of para-hydroxylation sites is 2. The summed E-state index contributed by atoms with van der Waals surface area (Å²) in [5.74, 6) is 0.609. The Morgan fingerprint density at radius 1 is 1.14 bits per heavy atom. The number of hydrogen-bond acceptors (Lipinski definition) is 4. The Labute approximate surface area is 124 Å². The molecule has 0 spiro atoms. The van der Waals surface area contributed by atoms with Crippen LogP contribution >= 0.6 is 0 Å². The first-order valence-electron chi connectivity index (χ1n) is 7.02. The lowest BCUT2D eigenvalue weighted by molar-refractivity contribution is 0.313. The van der Waals surface area contributed by atoms with Gasteiger partial charge in [0, 0.05) is 31.4 Å². The third-order valence-corrected chi connectivity index (χ3v) is 3.62. The van der Waals surface area contributed by atoms with Gasteiger partial charge < -0.3 is 15.2 Å². The molecule has 0 aliphatic heterocycles. The molecular formula is C16H19N5. The molecule has 5 heteroatoms. The molecule has 0 amide bonds. The van der Waals surface area contributed by atoms with Crippen LogP contribution in [0.15, 0.2) is 48.9 Å². The van der Waals surface area contributed by atoms with Crippen molar-refractivity contribution in [3.8, 4) is 0 Å². The van der Waals surface area contributed by atoms with E-state index >= 15 is 0 Å². The zero-order valence-corrected chi connectivity index (χ0v) is 12.1. The average molecular weight is 281 g/mol. The molecule has 5 nitrogen and oxygen atoms in total. The standard InChI is InChI=1S/C16H19N5/c1-20(11-13-5-4-8-18-16(13)17)9-10-21-12-19-14-6-2-3-7-15(14)21/h2-8,12H,9-11H2,1H3,(H2,17,18). The number of benzene rings is 1. The maximum absolute atomic E-state index is 5.88. The molecular weight excluding hydrogens is 262 g/mol. The van der Waals surface area contributed by atoms with Gasteiger partial charge in [-0.15, -0.1) is 0 Å². The van der Waals surface area contributed by atoms with Gasteiger partial charge in [-0.3, -0.25) is 0 Å². The van der Waals surface area contributed by atoms with E-state index in [1.807, 2.05) is 36.7 Å². The van der Waals surface area contributed by atoms with E-state index < -0.39 is 0 Å². The number of aromatic nitrogens is 3. The Hall–Kier alpha value is -2.40. The van der Waals surface area contributed by atoms with E-state index in [0.717, 1.165) is 30.7 Å². The first-order chi connectivity index (χ1) is 10.2. The van der Waals surface area contributed by atoms with Gasteiger partial charge in [-0.05, 0) is 25.2 Å². The molecule has 0 saturated carbocycles. The van der Waals surface area contributed by atoms with Crippen LogP contribution in [0.2, 0.25) is 0 Å². The fourth-order valence-electron chi connectivity index (χ4n) is 2.42. The SMILES string of the molecule is CN(CCn1cnc2ccccc21)Cc1cccnc1N. The molecule has 2 heterocycles. The number of nitrogens with zero attached hydrogens (tertiary/aromatic N) is 4. The van der Waals surface area contributed by atoms with Crippen LogP contribution in [0.1, 0.15) is 5.56 Å². The highest BCUT2D eigenvalue weighted by Gasteiger charge is 2.06. The van der Waals surface area contributed by atoms with Crippen molar-refractivity contribution in [1.29, 1.82) is 0 Å². The summed E-state index contributed by atoms with van der Waals surface area (Å²) in [6.45, 7) is 2.62. The highest BCUT2D eigenvalue weighted by molar-refractivity contribution is 5.74. The molecule has 0 saturated heterocycles. The molecule has 2 aromatic heterocycles. The lowest BCUT2D eigenvalue weighted by atomic mass is 10.2. The summed E-state index contributed by atoms with van der Waals surface area (Å²) in [4.78, 5) is 10.8. The largest absolute Gasteiger partial charge is 0.383 e. The lowest BCUT2D eigenvalue weighted by Gasteiger charge is -2.17. The van der Waals surface area contributed by atoms with Crippen molar-refractivity contribution in [1.82, 2.24) is 19.4 Å². The summed E-state index contributed by atoms with van der Waals surface area (Å²) in [6, 6.07) is 12.1. The van der Waals surface area contributed by atoms with Crippen LogP contribution < -0.4 is 5.73 Å². The predicted molar refractivity (Wildman–Crippen MR) is 84.7 cm³/mol. The number of nitrogens with two attached hydrogens (primary N) is 1. The average Bonchev–Trinajstić information content (AvgIpc) is 2.91. The van der Waals surface area contributed by atoms with E-state index in [4.69, 9.17) is 5.73 Å². The molecule has 1 aromatic carbocycles. The molecule has 0 bridgehead atoms. The first-order valence-corrected chi connectivity index (χ1v) is 7.02. The number of pyridine rings is 1. The van der Waals surface area contributed by atoms with Gasteiger partial charge in [0.2, 0.25) is 0 Å². The zero-order valence-electron chi connectivity index (χ0n) is 12.1. The quantitative estimate of drug-likeness (QED) is 0.778. The zero-order chi connectivity index (χ0) is 14.7. The molecule has 0 atom stereocenters. The summed E-state index contributed by atoms with van der Waals surface area (Å²) in [6.07, 6.45) is 3.62. The van der Waals surface area contributed by atoms with Crippen LogP contribution in [0.5, 0.6) is 0 Å². The normalized spacial score (nSPS) is 11.3. The minimum absolute atomic E-state index is 0.609. The van der Waals surface area contributed by atoms with E-state index in [1.54, 1.807) is 6.20 Å². The molecule has 0 unspecified atom stereocenters. The minimum Gasteiger partial charge on any atom is -0.383 e. The summed E-state index contributed by atoms with van der Waals surface area (Å²) >= 11 is 0. The Bertz CT molecular complexity index is 734. The topological polar surface area (TPSA) is 60.0 Å². The van der Waals surface area contributed by atoms with Crippen molar-refractivity contribution >= 4 is 16.9 Å². The number of imidazole rings is 1.